The van der Waals surface area contributed by atoms with Gasteiger partial charge in [0, 0.05) is 25.0 Å². The Labute approximate surface area is 116 Å². The van der Waals surface area contributed by atoms with Gasteiger partial charge in [0.15, 0.2) is 0 Å². The first-order chi connectivity index (χ1) is 9.11. The maximum absolute atomic E-state index is 9.93. The van der Waals surface area contributed by atoms with E-state index in [0.717, 1.165) is 10.8 Å². The fourth-order valence-corrected chi connectivity index (χ4v) is 4.87. The van der Waals surface area contributed by atoms with Gasteiger partial charge < -0.3 is 18.4 Å². The topological polar surface area (TPSA) is 47.9 Å². The molecule has 4 nitrogen and oxygen atoms in total. The van der Waals surface area contributed by atoms with Crippen molar-refractivity contribution in [2.75, 3.05) is 19.8 Å². The summed E-state index contributed by atoms with van der Waals surface area (Å²) in [6.45, 7) is 9.04. The van der Waals surface area contributed by atoms with Gasteiger partial charge in [0.25, 0.3) is 0 Å². The molecular formula is C14H24O4Si. The molecule has 0 spiro atoms. The smallest absolute Gasteiger partial charge is 0.389 e. The minimum atomic E-state index is -2.94. The van der Waals surface area contributed by atoms with Crippen LogP contribution in [0.2, 0.25) is 0 Å². The lowest BCUT2D eigenvalue weighted by molar-refractivity contribution is 0.0849. The normalized spacial score (nSPS) is 13.5. The second kappa shape index (κ2) is 7.77. The number of rotatable bonds is 8. The molecule has 1 aromatic carbocycles. The number of benzene rings is 1. The van der Waals surface area contributed by atoms with Gasteiger partial charge in [0.05, 0.1) is 6.10 Å². The molecule has 0 saturated heterocycles. The fourth-order valence-electron chi connectivity index (χ4n) is 2.07. The predicted molar refractivity (Wildman–Crippen MR) is 77.3 cm³/mol. The van der Waals surface area contributed by atoms with E-state index in [1.54, 1.807) is 6.92 Å². The fraction of sp³-hybridized carbons (Fsp3) is 0.571. The summed E-state index contributed by atoms with van der Waals surface area (Å²) in [4.78, 5) is 0. The Morgan fingerprint density at radius 2 is 1.47 bits per heavy atom. The van der Waals surface area contributed by atoms with Crippen LogP contribution in [0.15, 0.2) is 24.3 Å². The number of hydrogen-bond acceptors (Lipinski definition) is 4. The van der Waals surface area contributed by atoms with Crippen molar-refractivity contribution in [1.29, 1.82) is 0 Å². The molecule has 1 unspecified atom stereocenters. The van der Waals surface area contributed by atoms with Gasteiger partial charge >= 0.3 is 8.80 Å². The van der Waals surface area contributed by atoms with Crippen LogP contribution in [-0.4, -0.2) is 33.7 Å². The van der Waals surface area contributed by atoms with Crippen LogP contribution in [0.25, 0.3) is 0 Å². The van der Waals surface area contributed by atoms with E-state index in [1.165, 1.54) is 0 Å². The first kappa shape index (κ1) is 16.3. The van der Waals surface area contributed by atoms with Crippen molar-refractivity contribution in [1.82, 2.24) is 0 Å². The zero-order valence-electron chi connectivity index (χ0n) is 12.2. The van der Waals surface area contributed by atoms with E-state index < -0.39 is 14.9 Å². The van der Waals surface area contributed by atoms with Gasteiger partial charge in [0.2, 0.25) is 0 Å². The third kappa shape index (κ3) is 3.87. The van der Waals surface area contributed by atoms with Crippen molar-refractivity contribution >= 4 is 14.0 Å². The van der Waals surface area contributed by atoms with Crippen molar-refractivity contribution in [3.8, 4) is 0 Å². The molecule has 0 aromatic heterocycles. The van der Waals surface area contributed by atoms with Crippen molar-refractivity contribution in [2.24, 2.45) is 0 Å². The molecule has 0 aliphatic rings. The molecule has 1 N–H and O–H groups in total. The molecule has 19 heavy (non-hydrogen) atoms. The van der Waals surface area contributed by atoms with Crippen molar-refractivity contribution in [3.05, 3.63) is 29.8 Å². The Balaban J connectivity index is 3.29. The van der Waals surface area contributed by atoms with E-state index in [4.69, 9.17) is 13.3 Å². The number of hydrogen-bond donors (Lipinski definition) is 1. The zero-order valence-corrected chi connectivity index (χ0v) is 13.2. The van der Waals surface area contributed by atoms with E-state index >= 15 is 0 Å². The third-order valence-electron chi connectivity index (χ3n) is 2.74. The second-order valence-electron chi connectivity index (χ2n) is 4.12. The molecule has 5 heteroatoms. The highest BCUT2D eigenvalue weighted by atomic mass is 28.4. The Kier molecular flexibility index (Phi) is 6.68. The summed E-state index contributed by atoms with van der Waals surface area (Å²) in [5.41, 5.74) is 0.810. The summed E-state index contributed by atoms with van der Waals surface area (Å²) in [7, 11) is -2.94. The molecule has 0 saturated carbocycles. The van der Waals surface area contributed by atoms with E-state index in [1.807, 2.05) is 45.0 Å². The molecular weight excluding hydrogens is 260 g/mol. The van der Waals surface area contributed by atoms with E-state index in [9.17, 15) is 5.11 Å². The first-order valence-electron chi connectivity index (χ1n) is 6.80. The molecule has 0 aliphatic heterocycles. The predicted octanol–water partition coefficient (Wildman–Crippen LogP) is 2.00. The molecule has 108 valence electrons. The largest absolute Gasteiger partial charge is 0.537 e. The standard InChI is InChI=1S/C14H24O4Si/c1-5-16-19(17-6-2,18-7-3)14-11-9-8-10-13(14)12(4)15/h8-12,15H,5-7H2,1-4H3. The molecule has 0 fully saturated rings. The Morgan fingerprint density at radius 1 is 1.00 bits per heavy atom. The van der Waals surface area contributed by atoms with E-state index in [-0.39, 0.29) is 0 Å². The molecule has 1 rings (SSSR count). The van der Waals surface area contributed by atoms with Crippen LogP contribution in [0.3, 0.4) is 0 Å². The highest BCUT2D eigenvalue weighted by molar-refractivity contribution is 6.75. The quantitative estimate of drug-likeness (QED) is 0.742. The molecule has 0 radical (unpaired) electrons. The maximum Gasteiger partial charge on any atom is 0.537 e. The molecule has 1 atom stereocenters. The minimum Gasteiger partial charge on any atom is -0.389 e. The van der Waals surface area contributed by atoms with Crippen LogP contribution in [0.1, 0.15) is 39.4 Å². The van der Waals surface area contributed by atoms with Crippen LogP contribution in [0.4, 0.5) is 0 Å². The molecule has 1 aromatic rings. The first-order valence-corrected chi connectivity index (χ1v) is 8.53. The summed E-state index contributed by atoms with van der Waals surface area (Å²) < 4.78 is 17.6. The summed E-state index contributed by atoms with van der Waals surface area (Å²) in [5, 5.41) is 10.8. The van der Waals surface area contributed by atoms with Crippen LogP contribution in [-0.2, 0) is 13.3 Å². The Hall–Kier alpha value is -0.723. The average Bonchev–Trinajstić information content (AvgIpc) is 2.39. The van der Waals surface area contributed by atoms with Gasteiger partial charge in [-0.3, -0.25) is 0 Å². The minimum absolute atomic E-state index is 0.514. The van der Waals surface area contributed by atoms with Crippen molar-refractivity contribution in [2.45, 2.75) is 33.8 Å². The average molecular weight is 284 g/mol. The van der Waals surface area contributed by atoms with Gasteiger partial charge in [0.1, 0.15) is 0 Å². The van der Waals surface area contributed by atoms with Crippen molar-refractivity contribution in [3.63, 3.8) is 0 Å². The third-order valence-corrected chi connectivity index (χ3v) is 5.87. The molecule has 0 aliphatic carbocycles. The van der Waals surface area contributed by atoms with Crippen molar-refractivity contribution < 1.29 is 18.4 Å². The number of aliphatic hydroxyl groups is 1. The van der Waals surface area contributed by atoms with Crippen LogP contribution < -0.4 is 5.19 Å². The molecule has 0 heterocycles. The lowest BCUT2D eigenvalue weighted by Crippen LogP contribution is -2.58. The molecule has 0 bridgehead atoms. The van der Waals surface area contributed by atoms with Crippen LogP contribution in [0, 0.1) is 0 Å². The second-order valence-corrected chi connectivity index (χ2v) is 6.64. The van der Waals surface area contributed by atoms with Crippen LogP contribution >= 0.6 is 0 Å². The number of aliphatic hydroxyl groups excluding tert-OH is 1. The van der Waals surface area contributed by atoms with E-state index in [2.05, 4.69) is 0 Å². The van der Waals surface area contributed by atoms with E-state index in [0.29, 0.717) is 19.8 Å². The maximum atomic E-state index is 9.93. The zero-order chi connectivity index (χ0) is 14.3. The van der Waals surface area contributed by atoms with Gasteiger partial charge in [-0.05, 0) is 33.3 Å². The highest BCUT2D eigenvalue weighted by Gasteiger charge is 2.45. The Morgan fingerprint density at radius 3 is 1.89 bits per heavy atom. The van der Waals surface area contributed by atoms with Gasteiger partial charge in [-0.15, -0.1) is 0 Å². The Bertz CT molecular complexity index is 364. The SMILES string of the molecule is CCO[Si](OCC)(OCC)c1ccccc1C(C)O. The van der Waals surface area contributed by atoms with Gasteiger partial charge in [-0.25, -0.2) is 0 Å². The summed E-state index contributed by atoms with van der Waals surface area (Å²) in [5.74, 6) is 0. The molecule has 0 amide bonds. The summed E-state index contributed by atoms with van der Waals surface area (Å²) in [6, 6.07) is 7.63. The highest BCUT2D eigenvalue weighted by Crippen LogP contribution is 2.18. The van der Waals surface area contributed by atoms with Gasteiger partial charge in [-0.1, -0.05) is 24.3 Å². The lowest BCUT2D eigenvalue weighted by Gasteiger charge is -2.30. The summed E-state index contributed by atoms with van der Waals surface area (Å²) in [6.07, 6.45) is -0.579. The monoisotopic (exact) mass is 284 g/mol. The summed E-state index contributed by atoms with van der Waals surface area (Å²) >= 11 is 0. The lowest BCUT2D eigenvalue weighted by atomic mass is 10.1. The van der Waals surface area contributed by atoms with Crippen LogP contribution in [0.5, 0.6) is 0 Å². The van der Waals surface area contributed by atoms with Gasteiger partial charge in [-0.2, -0.15) is 0 Å².